The van der Waals surface area contributed by atoms with Crippen molar-refractivity contribution >= 4 is 17.0 Å². The van der Waals surface area contributed by atoms with Crippen LogP contribution in [0.15, 0.2) is 41.8 Å². The first-order valence-corrected chi connectivity index (χ1v) is 8.88. The molecule has 0 saturated heterocycles. The summed E-state index contributed by atoms with van der Waals surface area (Å²) in [6.07, 6.45) is 5.40. The van der Waals surface area contributed by atoms with Gasteiger partial charge in [-0.05, 0) is 54.8 Å². The van der Waals surface area contributed by atoms with Crippen LogP contribution in [0.4, 0.5) is 5.69 Å². The van der Waals surface area contributed by atoms with E-state index in [0.717, 1.165) is 25.2 Å². The van der Waals surface area contributed by atoms with Crippen molar-refractivity contribution in [3.63, 3.8) is 0 Å². The maximum atomic E-state index is 3.58. The van der Waals surface area contributed by atoms with Crippen LogP contribution in [0.5, 0.6) is 0 Å². The van der Waals surface area contributed by atoms with Crippen molar-refractivity contribution in [3.8, 4) is 0 Å². The summed E-state index contributed by atoms with van der Waals surface area (Å²) < 4.78 is 0. The summed E-state index contributed by atoms with van der Waals surface area (Å²) in [5.41, 5.74) is 2.78. The largest absolute Gasteiger partial charge is 0.363 e. The van der Waals surface area contributed by atoms with Crippen LogP contribution in [0.1, 0.15) is 36.1 Å². The highest BCUT2D eigenvalue weighted by molar-refractivity contribution is 7.09. The van der Waals surface area contributed by atoms with Crippen LogP contribution < -0.4 is 10.2 Å². The lowest BCUT2D eigenvalue weighted by atomic mass is 10.2. The molecule has 0 radical (unpaired) electrons. The van der Waals surface area contributed by atoms with Gasteiger partial charge in [-0.1, -0.05) is 18.2 Å². The zero-order valence-corrected chi connectivity index (χ0v) is 13.1. The first-order valence-electron chi connectivity index (χ1n) is 8.00. The van der Waals surface area contributed by atoms with Gasteiger partial charge in [-0.3, -0.25) is 0 Å². The van der Waals surface area contributed by atoms with Gasteiger partial charge in [0.1, 0.15) is 0 Å². The molecule has 0 bridgehead atoms. The molecule has 0 spiro atoms. The number of nitrogens with zero attached hydrogens (tertiary/aromatic N) is 1. The van der Waals surface area contributed by atoms with E-state index in [0.29, 0.717) is 0 Å². The van der Waals surface area contributed by atoms with Crippen molar-refractivity contribution in [2.75, 3.05) is 4.90 Å². The second kappa shape index (κ2) is 5.82. The average molecular weight is 298 g/mol. The number of thiophene rings is 1. The summed E-state index contributed by atoms with van der Waals surface area (Å²) in [5, 5.41) is 5.75. The Hall–Kier alpha value is -1.32. The molecule has 21 heavy (non-hydrogen) atoms. The van der Waals surface area contributed by atoms with Gasteiger partial charge in [-0.15, -0.1) is 11.3 Å². The third-order valence-corrected chi connectivity index (χ3v) is 5.20. The van der Waals surface area contributed by atoms with Gasteiger partial charge in [0.2, 0.25) is 0 Å². The highest BCUT2D eigenvalue weighted by atomic mass is 32.1. The molecule has 4 rings (SSSR count). The zero-order valence-electron chi connectivity index (χ0n) is 12.3. The lowest BCUT2D eigenvalue weighted by Crippen LogP contribution is -2.24. The van der Waals surface area contributed by atoms with Gasteiger partial charge in [-0.25, -0.2) is 0 Å². The molecule has 2 saturated carbocycles. The Bertz CT molecular complexity index is 568. The molecule has 1 aromatic heterocycles. The fourth-order valence-corrected chi connectivity index (χ4v) is 3.45. The fourth-order valence-electron chi connectivity index (χ4n) is 2.74. The van der Waals surface area contributed by atoms with Gasteiger partial charge in [0, 0.05) is 29.2 Å². The molecule has 1 heterocycles. The second-order valence-corrected chi connectivity index (χ2v) is 7.29. The molecule has 2 aliphatic carbocycles. The van der Waals surface area contributed by atoms with Gasteiger partial charge in [0.25, 0.3) is 0 Å². The molecule has 2 aliphatic rings. The Kier molecular flexibility index (Phi) is 3.70. The standard InChI is InChI=1S/C18H22N2S/c1-2-18(21-11-1)13-20(17-9-10-17)16-7-3-14(4-8-16)12-19-15-5-6-15/h1-4,7-8,11,15,17,19H,5-6,9-10,12-13H2. The van der Waals surface area contributed by atoms with E-state index in [1.165, 1.54) is 41.8 Å². The molecule has 0 atom stereocenters. The SMILES string of the molecule is c1csc(CN(c2ccc(CNC3CC3)cc2)C2CC2)c1. The Morgan fingerprint density at radius 1 is 1.05 bits per heavy atom. The summed E-state index contributed by atoms with van der Waals surface area (Å²) in [5.74, 6) is 0. The van der Waals surface area contributed by atoms with E-state index in [9.17, 15) is 0 Å². The number of nitrogens with one attached hydrogen (secondary N) is 1. The van der Waals surface area contributed by atoms with E-state index in [-0.39, 0.29) is 0 Å². The Morgan fingerprint density at radius 3 is 2.48 bits per heavy atom. The molecule has 1 N–H and O–H groups in total. The summed E-state index contributed by atoms with van der Waals surface area (Å²) >= 11 is 1.86. The maximum Gasteiger partial charge on any atom is 0.0525 e. The minimum atomic E-state index is 0.752. The zero-order chi connectivity index (χ0) is 14.1. The summed E-state index contributed by atoms with van der Waals surface area (Å²) in [4.78, 5) is 4.03. The van der Waals surface area contributed by atoms with Crippen LogP contribution in [-0.4, -0.2) is 12.1 Å². The summed E-state index contributed by atoms with van der Waals surface area (Å²) in [6, 6.07) is 15.1. The lowest BCUT2D eigenvalue weighted by Gasteiger charge is -2.24. The molecule has 2 fully saturated rings. The number of benzene rings is 1. The van der Waals surface area contributed by atoms with Crippen molar-refractivity contribution in [3.05, 3.63) is 52.2 Å². The molecule has 0 aliphatic heterocycles. The smallest absolute Gasteiger partial charge is 0.0525 e. The Balaban J connectivity index is 1.44. The van der Waals surface area contributed by atoms with Crippen LogP contribution >= 0.6 is 11.3 Å². The highest BCUT2D eigenvalue weighted by Gasteiger charge is 2.29. The number of hydrogen-bond acceptors (Lipinski definition) is 3. The normalized spacial score (nSPS) is 17.9. The molecular formula is C18H22N2S. The van der Waals surface area contributed by atoms with Crippen molar-refractivity contribution in [1.82, 2.24) is 5.32 Å². The van der Waals surface area contributed by atoms with Crippen LogP contribution in [0, 0.1) is 0 Å². The van der Waals surface area contributed by atoms with Gasteiger partial charge >= 0.3 is 0 Å². The minimum Gasteiger partial charge on any atom is -0.363 e. The molecule has 2 aromatic rings. The van der Waals surface area contributed by atoms with E-state index in [1.54, 1.807) is 0 Å². The minimum absolute atomic E-state index is 0.752. The Labute approximate surface area is 130 Å². The van der Waals surface area contributed by atoms with Gasteiger partial charge in [-0.2, -0.15) is 0 Å². The van der Waals surface area contributed by atoms with Crippen molar-refractivity contribution in [2.24, 2.45) is 0 Å². The van der Waals surface area contributed by atoms with Gasteiger partial charge in [0.15, 0.2) is 0 Å². The fraction of sp³-hybridized carbons (Fsp3) is 0.444. The molecule has 2 nitrogen and oxygen atoms in total. The van der Waals surface area contributed by atoms with Crippen molar-refractivity contribution in [2.45, 2.75) is 50.9 Å². The van der Waals surface area contributed by atoms with E-state index in [2.05, 4.69) is 52.0 Å². The molecule has 3 heteroatoms. The number of hydrogen-bond donors (Lipinski definition) is 1. The van der Waals surface area contributed by atoms with Crippen LogP contribution in [0.2, 0.25) is 0 Å². The molecular weight excluding hydrogens is 276 g/mol. The first-order chi connectivity index (χ1) is 10.4. The second-order valence-electron chi connectivity index (χ2n) is 6.26. The summed E-state index contributed by atoms with van der Waals surface area (Å²) in [6.45, 7) is 2.07. The van der Waals surface area contributed by atoms with Crippen LogP contribution in [-0.2, 0) is 13.1 Å². The number of anilines is 1. The third kappa shape index (κ3) is 3.47. The number of rotatable bonds is 7. The quantitative estimate of drug-likeness (QED) is 0.825. The summed E-state index contributed by atoms with van der Waals surface area (Å²) in [7, 11) is 0. The molecule has 110 valence electrons. The predicted octanol–water partition coefficient (Wildman–Crippen LogP) is 4.17. The van der Waals surface area contributed by atoms with E-state index in [4.69, 9.17) is 0 Å². The van der Waals surface area contributed by atoms with Crippen LogP contribution in [0.25, 0.3) is 0 Å². The Morgan fingerprint density at radius 2 is 1.86 bits per heavy atom. The first kappa shape index (κ1) is 13.4. The van der Waals surface area contributed by atoms with Gasteiger partial charge < -0.3 is 10.2 Å². The van der Waals surface area contributed by atoms with Crippen molar-refractivity contribution < 1.29 is 0 Å². The third-order valence-electron chi connectivity index (χ3n) is 4.33. The lowest BCUT2D eigenvalue weighted by molar-refractivity contribution is 0.687. The molecule has 0 amide bonds. The van der Waals surface area contributed by atoms with E-state index < -0.39 is 0 Å². The topological polar surface area (TPSA) is 15.3 Å². The highest BCUT2D eigenvalue weighted by Crippen LogP contribution is 2.33. The van der Waals surface area contributed by atoms with E-state index >= 15 is 0 Å². The van der Waals surface area contributed by atoms with Crippen LogP contribution in [0.3, 0.4) is 0 Å². The maximum absolute atomic E-state index is 3.58. The monoisotopic (exact) mass is 298 g/mol. The average Bonchev–Trinajstić information content (AvgIpc) is 3.44. The molecule has 1 aromatic carbocycles. The predicted molar refractivity (Wildman–Crippen MR) is 89.8 cm³/mol. The van der Waals surface area contributed by atoms with Crippen molar-refractivity contribution in [1.29, 1.82) is 0 Å². The van der Waals surface area contributed by atoms with E-state index in [1.807, 2.05) is 11.3 Å². The van der Waals surface area contributed by atoms with Gasteiger partial charge in [0.05, 0.1) is 6.54 Å². The molecule has 0 unspecified atom stereocenters.